The van der Waals surface area contributed by atoms with Gasteiger partial charge in [-0.15, -0.1) is 0 Å². The first kappa shape index (κ1) is 73.2. The molecule has 0 heterocycles. The van der Waals surface area contributed by atoms with Gasteiger partial charge in [0.2, 0.25) is 0 Å². The Balaban J connectivity index is -0.000000994. The zero-order valence-electron chi connectivity index (χ0n) is 47.2. The van der Waals surface area contributed by atoms with Crippen molar-refractivity contribution in [3.05, 3.63) is 97.2 Å². The molecular formula is C62H111NO9. The molecule has 0 aliphatic rings. The summed E-state index contributed by atoms with van der Waals surface area (Å²) in [6, 6.07) is 0. The molecule has 0 aromatic carbocycles. The average molecular weight is 1010 g/mol. The number of aliphatic hydroxyl groups excluding tert-OH is 1. The van der Waals surface area contributed by atoms with Crippen molar-refractivity contribution in [2.24, 2.45) is 0 Å². The number of carbonyl (C=O) groups is 2. The number of rotatable bonds is 52. The van der Waals surface area contributed by atoms with Crippen LogP contribution in [-0.4, -0.2) is 115 Å². The Bertz CT molecular complexity index is 1130. The highest BCUT2D eigenvalue weighted by Crippen LogP contribution is 2.10. The van der Waals surface area contributed by atoms with Crippen LogP contribution in [0.5, 0.6) is 0 Å². The maximum Gasteiger partial charge on any atom is 0.158 e. The highest BCUT2D eigenvalue weighted by atomic mass is 16.7. The zero-order valence-corrected chi connectivity index (χ0v) is 47.2. The molecule has 0 aromatic heterocycles. The number of unbranched alkanes of at least 4 members (excludes halogenated alkanes) is 7. The predicted octanol–water partition coefficient (Wildman–Crippen LogP) is 15.3. The van der Waals surface area contributed by atoms with Gasteiger partial charge in [0.25, 0.3) is 0 Å². The van der Waals surface area contributed by atoms with Crippen molar-refractivity contribution in [1.29, 1.82) is 0 Å². The van der Waals surface area contributed by atoms with Gasteiger partial charge in [-0.05, 0) is 135 Å². The lowest BCUT2D eigenvalue weighted by atomic mass is 10.1. The molecular weight excluding hydrogens is 903 g/mol. The molecule has 0 saturated heterocycles. The quantitative estimate of drug-likeness (QED) is 0.0273. The van der Waals surface area contributed by atoms with E-state index in [2.05, 4.69) is 130 Å². The summed E-state index contributed by atoms with van der Waals surface area (Å²) in [7, 11) is 3.55. The Hall–Kier alpha value is -3.06. The molecule has 0 aromatic rings. The van der Waals surface area contributed by atoms with Crippen LogP contribution in [0.25, 0.3) is 0 Å². The third-order valence-corrected chi connectivity index (χ3v) is 10.8. The minimum absolute atomic E-state index is 0.285. The molecule has 0 fully saturated rings. The summed E-state index contributed by atoms with van der Waals surface area (Å²) in [5.41, 5.74) is 0. The number of nitrogens with zero attached hydrogens (tertiary/aromatic N) is 1. The lowest BCUT2D eigenvalue weighted by Crippen LogP contribution is -2.27. The van der Waals surface area contributed by atoms with Gasteiger partial charge in [-0.1, -0.05) is 151 Å². The van der Waals surface area contributed by atoms with Crippen molar-refractivity contribution in [1.82, 2.24) is 4.90 Å². The number of carbonyl (C=O) groups excluding carboxylic acids is 2. The van der Waals surface area contributed by atoms with Crippen LogP contribution >= 0.6 is 0 Å². The molecule has 0 bridgehead atoms. The number of ether oxygens (including phenoxy) is 6. The van der Waals surface area contributed by atoms with Crippen LogP contribution in [-0.2, 0) is 38.0 Å². The van der Waals surface area contributed by atoms with Gasteiger partial charge < -0.3 is 48.0 Å². The second kappa shape index (κ2) is 70.0. The fraction of sp³-hybridized carbons (Fsp3) is 0.710. The fourth-order valence-electron chi connectivity index (χ4n) is 6.78. The summed E-state index contributed by atoms with van der Waals surface area (Å²) in [6.45, 7) is 16.7. The fourth-order valence-corrected chi connectivity index (χ4v) is 6.78. The summed E-state index contributed by atoms with van der Waals surface area (Å²) in [5.74, 6) is 0. The van der Waals surface area contributed by atoms with E-state index < -0.39 is 0 Å². The molecule has 0 aliphatic carbocycles. The molecule has 10 nitrogen and oxygen atoms in total. The number of aldehydes is 2. The molecule has 72 heavy (non-hydrogen) atoms. The monoisotopic (exact) mass is 1010 g/mol. The van der Waals surface area contributed by atoms with Gasteiger partial charge in [-0.25, -0.2) is 0 Å². The maximum atomic E-state index is 10.6. The Morgan fingerprint density at radius 3 is 0.931 bits per heavy atom. The molecule has 10 heteroatoms. The third kappa shape index (κ3) is 66.9. The summed E-state index contributed by atoms with van der Waals surface area (Å²) in [6.07, 6.45) is 61.7. The second-order valence-corrected chi connectivity index (χ2v) is 17.4. The molecule has 0 unspecified atom stereocenters. The van der Waals surface area contributed by atoms with E-state index in [9.17, 15) is 9.59 Å². The van der Waals surface area contributed by atoms with Crippen LogP contribution in [0.4, 0.5) is 0 Å². The largest absolute Gasteiger partial charge is 0.396 e. The highest BCUT2D eigenvalue weighted by molar-refractivity contribution is 5.49. The van der Waals surface area contributed by atoms with Gasteiger partial charge in [0.05, 0.1) is 26.4 Å². The van der Waals surface area contributed by atoms with E-state index in [1.807, 2.05) is 0 Å². The summed E-state index contributed by atoms with van der Waals surface area (Å²) in [4.78, 5) is 23.7. The number of aliphatic hydroxyl groups is 1. The SMILES string of the molecule is CC/C=C/C/C=C/CCOC(CCC=O)OCC/C=C/C/C=C/CC.CC/C=C/C/C=C/CCOC(CCC=O)OCC/C=C/C/C=C/CC.COCCCCCCN(CCCCO)CCCCCCOC. The first-order chi connectivity index (χ1) is 35.5. The number of allylic oxidation sites excluding steroid dienone is 12. The number of methoxy groups -OCH3 is 2. The molecule has 418 valence electrons. The first-order valence-corrected chi connectivity index (χ1v) is 28.4. The van der Waals surface area contributed by atoms with Crippen LogP contribution in [0.15, 0.2) is 97.2 Å². The van der Waals surface area contributed by atoms with Gasteiger partial charge >= 0.3 is 0 Å². The smallest absolute Gasteiger partial charge is 0.158 e. The third-order valence-electron chi connectivity index (χ3n) is 10.8. The standard InChI is InChI=1S/2C22H36O3.C18H39NO3/c2*1-3-5-7-9-11-13-15-20-24-22(18-17-19-23)25-21-16-14-12-10-8-6-4-2;1-21-17-11-5-3-7-13-19(15-9-10-16-20)14-8-4-6-12-18-22-2/h2*5-8,11-14,19,22H,3-4,9-10,15-18,20-21H2,1-2H3;20H,3-18H2,1-2H3/b2*7-5+,8-6+,13-11+,14-12+;. The van der Waals surface area contributed by atoms with E-state index in [0.29, 0.717) is 58.7 Å². The van der Waals surface area contributed by atoms with Crippen molar-refractivity contribution >= 4 is 12.6 Å². The average Bonchev–Trinajstić information content (AvgIpc) is 3.39. The zero-order chi connectivity index (χ0) is 53.2. The molecule has 0 atom stereocenters. The van der Waals surface area contributed by atoms with E-state index in [-0.39, 0.29) is 12.6 Å². The molecule has 0 spiro atoms. The van der Waals surface area contributed by atoms with E-state index in [0.717, 1.165) is 122 Å². The van der Waals surface area contributed by atoms with Crippen LogP contribution in [0.2, 0.25) is 0 Å². The predicted molar refractivity (Wildman–Crippen MR) is 307 cm³/mol. The minimum atomic E-state index is -0.285. The van der Waals surface area contributed by atoms with Crippen LogP contribution in [0.1, 0.15) is 195 Å². The van der Waals surface area contributed by atoms with E-state index in [1.54, 1.807) is 14.2 Å². The molecule has 0 aliphatic heterocycles. The number of hydrogen-bond acceptors (Lipinski definition) is 10. The summed E-state index contributed by atoms with van der Waals surface area (Å²) < 4.78 is 33.2. The van der Waals surface area contributed by atoms with Gasteiger partial charge in [0.15, 0.2) is 12.6 Å². The molecule has 0 rings (SSSR count). The van der Waals surface area contributed by atoms with Gasteiger partial charge in [0.1, 0.15) is 12.6 Å². The Kier molecular flexibility index (Phi) is 71.2. The van der Waals surface area contributed by atoms with Crippen molar-refractivity contribution < 1.29 is 43.1 Å². The van der Waals surface area contributed by atoms with Crippen molar-refractivity contribution in [3.8, 4) is 0 Å². The molecule has 0 amide bonds. The summed E-state index contributed by atoms with van der Waals surface area (Å²) in [5, 5.41) is 8.93. The Morgan fingerprint density at radius 2 is 0.653 bits per heavy atom. The van der Waals surface area contributed by atoms with Crippen molar-refractivity contribution in [3.63, 3.8) is 0 Å². The van der Waals surface area contributed by atoms with Crippen LogP contribution < -0.4 is 0 Å². The topological polar surface area (TPSA) is 113 Å². The van der Waals surface area contributed by atoms with Crippen LogP contribution in [0.3, 0.4) is 0 Å². The highest BCUT2D eigenvalue weighted by Gasteiger charge is 2.09. The van der Waals surface area contributed by atoms with Crippen LogP contribution in [0, 0.1) is 0 Å². The maximum absolute atomic E-state index is 10.6. The Labute approximate surface area is 443 Å². The van der Waals surface area contributed by atoms with E-state index in [1.165, 1.54) is 64.5 Å². The van der Waals surface area contributed by atoms with E-state index in [4.69, 9.17) is 33.5 Å². The van der Waals surface area contributed by atoms with Crippen molar-refractivity contribution in [2.45, 2.75) is 207 Å². The number of hydrogen-bond donors (Lipinski definition) is 1. The van der Waals surface area contributed by atoms with Gasteiger partial charge in [-0.2, -0.15) is 0 Å². The normalized spacial score (nSPS) is 12.2. The molecule has 0 saturated carbocycles. The van der Waals surface area contributed by atoms with E-state index >= 15 is 0 Å². The van der Waals surface area contributed by atoms with Gasteiger partial charge in [-0.3, -0.25) is 0 Å². The summed E-state index contributed by atoms with van der Waals surface area (Å²) >= 11 is 0. The second-order valence-electron chi connectivity index (χ2n) is 17.4. The lowest BCUT2D eigenvalue weighted by molar-refractivity contribution is -0.146. The minimum Gasteiger partial charge on any atom is -0.396 e. The molecule has 0 radical (unpaired) electrons. The Morgan fingerprint density at radius 1 is 0.361 bits per heavy atom. The lowest BCUT2D eigenvalue weighted by Gasteiger charge is -2.22. The molecule has 1 N–H and O–H groups in total. The van der Waals surface area contributed by atoms with Crippen molar-refractivity contribution in [2.75, 3.05) is 80.1 Å². The van der Waals surface area contributed by atoms with Gasteiger partial charge in [0, 0.05) is 59.7 Å². The first-order valence-electron chi connectivity index (χ1n) is 28.4.